The maximum Gasteiger partial charge on any atom is 0.301 e. The molecular formula is C27H22N2O4S. The molecule has 5 rings (SSSR count). The van der Waals surface area contributed by atoms with Crippen LogP contribution in [-0.2, 0) is 16.0 Å². The standard InChI is InChI=1S/C27H22N2O4S/c1-3-16-13-14-19-21(15-16)34-27(28-19)29-23(18-11-7-8-12-20(18)33-2)22(25(31)26(29)32)24(30)17-9-5-4-6-10-17/h4-15,23,30H,3H2,1-2H3/b24-22+/t23-/m0/s1. The van der Waals surface area contributed by atoms with Gasteiger partial charge in [0.25, 0.3) is 5.78 Å². The number of benzene rings is 3. The summed E-state index contributed by atoms with van der Waals surface area (Å²) in [5.41, 5.74) is 2.97. The smallest absolute Gasteiger partial charge is 0.301 e. The summed E-state index contributed by atoms with van der Waals surface area (Å²) in [7, 11) is 1.53. The third-order valence-electron chi connectivity index (χ3n) is 5.98. The Hall–Kier alpha value is -3.97. The van der Waals surface area contributed by atoms with E-state index in [-0.39, 0.29) is 11.3 Å². The van der Waals surface area contributed by atoms with Crippen LogP contribution >= 0.6 is 11.3 Å². The molecule has 34 heavy (non-hydrogen) atoms. The predicted molar refractivity (Wildman–Crippen MR) is 133 cm³/mol. The Morgan fingerprint density at radius 3 is 2.53 bits per heavy atom. The number of hydrogen-bond donors (Lipinski definition) is 1. The first-order chi connectivity index (χ1) is 16.5. The number of anilines is 1. The van der Waals surface area contributed by atoms with Crippen LogP contribution < -0.4 is 9.64 Å². The van der Waals surface area contributed by atoms with E-state index < -0.39 is 17.7 Å². The molecule has 7 heteroatoms. The quantitative estimate of drug-likeness (QED) is 0.237. The molecule has 1 fully saturated rings. The molecule has 0 aliphatic carbocycles. The monoisotopic (exact) mass is 470 g/mol. The van der Waals surface area contributed by atoms with Gasteiger partial charge in [-0.3, -0.25) is 14.5 Å². The average molecular weight is 471 g/mol. The van der Waals surface area contributed by atoms with Gasteiger partial charge in [0.2, 0.25) is 0 Å². The Labute approximate surface area is 200 Å². The van der Waals surface area contributed by atoms with Crippen LogP contribution in [0.2, 0.25) is 0 Å². The summed E-state index contributed by atoms with van der Waals surface area (Å²) in [5, 5.41) is 11.6. The van der Waals surface area contributed by atoms with Crippen molar-refractivity contribution in [3.8, 4) is 5.75 Å². The van der Waals surface area contributed by atoms with Crippen molar-refractivity contribution < 1.29 is 19.4 Å². The second kappa shape index (κ2) is 8.76. The maximum absolute atomic E-state index is 13.4. The highest BCUT2D eigenvalue weighted by atomic mass is 32.1. The van der Waals surface area contributed by atoms with Crippen molar-refractivity contribution in [1.82, 2.24) is 4.98 Å². The van der Waals surface area contributed by atoms with Crippen LogP contribution in [0.5, 0.6) is 5.75 Å². The Kier molecular flexibility index (Phi) is 5.63. The van der Waals surface area contributed by atoms with Gasteiger partial charge in [0.05, 0.1) is 22.9 Å². The van der Waals surface area contributed by atoms with Crippen molar-refractivity contribution in [1.29, 1.82) is 0 Å². The number of aliphatic hydroxyl groups is 1. The number of thiazole rings is 1. The first kappa shape index (κ1) is 21.9. The Morgan fingerprint density at radius 1 is 1.06 bits per heavy atom. The molecule has 0 unspecified atom stereocenters. The lowest BCUT2D eigenvalue weighted by Crippen LogP contribution is -2.29. The van der Waals surface area contributed by atoms with E-state index in [0.717, 1.165) is 22.2 Å². The number of nitrogens with zero attached hydrogens (tertiary/aromatic N) is 2. The number of rotatable bonds is 5. The summed E-state index contributed by atoms with van der Waals surface area (Å²) in [6.07, 6.45) is 0.881. The molecule has 1 saturated heterocycles. The minimum absolute atomic E-state index is 0.00852. The maximum atomic E-state index is 13.4. The molecule has 1 N–H and O–H groups in total. The van der Waals surface area contributed by atoms with E-state index in [1.165, 1.54) is 23.3 Å². The fourth-order valence-corrected chi connectivity index (χ4v) is 5.30. The SMILES string of the molecule is CCc1ccc2nc(N3C(=O)C(=O)/C(=C(/O)c4ccccc4)[C@@H]3c3ccccc3OC)sc2c1. The third kappa shape index (κ3) is 3.54. The Balaban J connectivity index is 1.75. The van der Waals surface area contributed by atoms with Gasteiger partial charge in [-0.1, -0.05) is 72.9 Å². The van der Waals surface area contributed by atoms with Gasteiger partial charge in [0.15, 0.2) is 5.13 Å². The van der Waals surface area contributed by atoms with Crippen molar-refractivity contribution in [3.05, 3.63) is 95.1 Å². The van der Waals surface area contributed by atoms with Gasteiger partial charge < -0.3 is 9.84 Å². The van der Waals surface area contributed by atoms with E-state index in [4.69, 9.17) is 4.74 Å². The molecular weight excluding hydrogens is 448 g/mol. The van der Waals surface area contributed by atoms with Crippen molar-refractivity contribution in [2.75, 3.05) is 12.0 Å². The van der Waals surface area contributed by atoms with Crippen LogP contribution in [0.4, 0.5) is 5.13 Å². The summed E-state index contributed by atoms with van der Waals surface area (Å²) in [6.45, 7) is 2.08. The zero-order valence-electron chi connectivity index (χ0n) is 18.7. The predicted octanol–water partition coefficient (Wildman–Crippen LogP) is 5.49. The van der Waals surface area contributed by atoms with E-state index in [0.29, 0.717) is 22.0 Å². The Morgan fingerprint density at radius 2 is 1.79 bits per heavy atom. The minimum atomic E-state index is -0.887. The van der Waals surface area contributed by atoms with Crippen LogP contribution in [0.3, 0.4) is 0 Å². The number of carbonyl (C=O) groups is 2. The number of ketones is 1. The van der Waals surface area contributed by atoms with E-state index in [9.17, 15) is 14.7 Å². The average Bonchev–Trinajstić information content (AvgIpc) is 3.41. The van der Waals surface area contributed by atoms with E-state index >= 15 is 0 Å². The highest BCUT2D eigenvalue weighted by Crippen LogP contribution is 2.46. The molecule has 1 atom stereocenters. The van der Waals surface area contributed by atoms with Gasteiger partial charge in [-0.25, -0.2) is 4.98 Å². The number of carbonyl (C=O) groups excluding carboxylic acids is 2. The highest BCUT2D eigenvalue weighted by molar-refractivity contribution is 7.22. The number of Topliss-reactive ketones (excluding diaryl/α,β-unsaturated/α-hetero) is 1. The molecule has 3 aromatic carbocycles. The van der Waals surface area contributed by atoms with Gasteiger partial charge in [0.1, 0.15) is 17.6 Å². The number of aryl methyl sites for hydroxylation is 1. The minimum Gasteiger partial charge on any atom is -0.507 e. The molecule has 2 heterocycles. The molecule has 1 aliphatic rings. The van der Waals surface area contributed by atoms with Crippen LogP contribution in [0, 0.1) is 0 Å². The van der Waals surface area contributed by atoms with Gasteiger partial charge >= 0.3 is 5.91 Å². The molecule has 0 saturated carbocycles. The highest BCUT2D eigenvalue weighted by Gasteiger charge is 2.49. The third-order valence-corrected chi connectivity index (χ3v) is 7.00. The van der Waals surface area contributed by atoms with E-state index in [1.807, 2.05) is 30.3 Å². The van der Waals surface area contributed by atoms with Gasteiger partial charge in [-0.05, 0) is 30.2 Å². The normalized spacial score (nSPS) is 17.5. The molecule has 170 valence electrons. The van der Waals surface area contributed by atoms with Crippen LogP contribution in [0.15, 0.2) is 78.4 Å². The number of aliphatic hydroxyl groups excluding tert-OH is 1. The van der Waals surface area contributed by atoms with Crippen molar-refractivity contribution in [2.24, 2.45) is 0 Å². The molecule has 1 aromatic heterocycles. The summed E-state index contributed by atoms with van der Waals surface area (Å²) < 4.78 is 6.49. The summed E-state index contributed by atoms with van der Waals surface area (Å²) >= 11 is 1.35. The number of methoxy groups -OCH3 is 1. The van der Waals surface area contributed by atoms with Crippen LogP contribution in [0.25, 0.3) is 16.0 Å². The fraction of sp³-hybridized carbons (Fsp3) is 0.148. The van der Waals surface area contributed by atoms with Gasteiger partial charge in [0, 0.05) is 11.1 Å². The molecule has 0 bridgehead atoms. The number of ether oxygens (including phenoxy) is 1. The second-order valence-corrected chi connectivity index (χ2v) is 8.94. The van der Waals surface area contributed by atoms with Gasteiger partial charge in [-0.15, -0.1) is 0 Å². The summed E-state index contributed by atoms with van der Waals surface area (Å²) in [6, 6.07) is 21.0. The Bertz CT molecular complexity index is 1440. The van der Waals surface area contributed by atoms with Crippen LogP contribution in [-0.4, -0.2) is 28.9 Å². The number of amides is 1. The molecule has 0 radical (unpaired) electrons. The largest absolute Gasteiger partial charge is 0.507 e. The summed E-state index contributed by atoms with van der Waals surface area (Å²) in [4.78, 5) is 32.8. The van der Waals surface area contributed by atoms with E-state index in [1.54, 1.807) is 36.4 Å². The lowest BCUT2D eigenvalue weighted by atomic mass is 9.95. The first-order valence-corrected chi connectivity index (χ1v) is 11.7. The zero-order chi connectivity index (χ0) is 23.8. The fourth-order valence-electron chi connectivity index (χ4n) is 4.25. The second-order valence-electron chi connectivity index (χ2n) is 7.93. The number of hydrogen-bond acceptors (Lipinski definition) is 6. The molecule has 6 nitrogen and oxygen atoms in total. The van der Waals surface area contributed by atoms with Crippen LogP contribution in [0.1, 0.15) is 29.7 Å². The topological polar surface area (TPSA) is 79.7 Å². The molecule has 4 aromatic rings. The number of para-hydroxylation sites is 1. The van der Waals surface area contributed by atoms with Crippen molar-refractivity contribution >= 4 is 44.1 Å². The van der Waals surface area contributed by atoms with Gasteiger partial charge in [-0.2, -0.15) is 0 Å². The van der Waals surface area contributed by atoms with Crippen molar-refractivity contribution in [2.45, 2.75) is 19.4 Å². The molecule has 1 aliphatic heterocycles. The van der Waals surface area contributed by atoms with Crippen molar-refractivity contribution in [3.63, 3.8) is 0 Å². The molecule has 1 amide bonds. The van der Waals surface area contributed by atoms with E-state index in [2.05, 4.69) is 18.0 Å². The zero-order valence-corrected chi connectivity index (χ0v) is 19.5. The first-order valence-electron chi connectivity index (χ1n) is 10.9. The lowest BCUT2D eigenvalue weighted by Gasteiger charge is -2.24. The molecule has 0 spiro atoms. The summed E-state index contributed by atoms with van der Waals surface area (Å²) in [5.74, 6) is -1.21. The number of aromatic nitrogens is 1. The lowest BCUT2D eigenvalue weighted by molar-refractivity contribution is -0.132. The number of fused-ring (bicyclic) bond motifs is 1.